The number of para-hydroxylation sites is 1. The topological polar surface area (TPSA) is 70.8 Å². The summed E-state index contributed by atoms with van der Waals surface area (Å²) in [5.74, 6) is 0.578. The maximum absolute atomic E-state index is 9.43. The third-order valence-electron chi connectivity index (χ3n) is 4.48. The molecule has 1 aliphatic rings. The van der Waals surface area contributed by atoms with Crippen molar-refractivity contribution in [3.8, 4) is 33.0 Å². The molecule has 0 aliphatic carbocycles. The van der Waals surface area contributed by atoms with Gasteiger partial charge in [0, 0.05) is 12.1 Å². The lowest BCUT2D eigenvalue weighted by Gasteiger charge is -2.17. The summed E-state index contributed by atoms with van der Waals surface area (Å²) >= 11 is 1.52. The van der Waals surface area contributed by atoms with Crippen LogP contribution in [0.15, 0.2) is 36.4 Å². The highest BCUT2D eigenvalue weighted by atomic mass is 32.1. The first-order chi connectivity index (χ1) is 13.2. The number of nitrogens with zero attached hydrogens (tertiary/aromatic N) is 3. The molecule has 1 N–H and O–H groups in total. The molecule has 3 aromatic rings. The second-order valence-electron chi connectivity index (χ2n) is 6.78. The summed E-state index contributed by atoms with van der Waals surface area (Å²) in [6, 6.07) is 14.3. The number of fused-ring (bicyclic) bond motifs is 1. The number of nitrogens with one attached hydrogen (secondary N) is 1. The molecular formula is C21H20N4OS. The molecule has 1 aromatic heterocycles. The van der Waals surface area contributed by atoms with E-state index in [0.29, 0.717) is 11.3 Å². The van der Waals surface area contributed by atoms with E-state index in [0.717, 1.165) is 40.7 Å². The van der Waals surface area contributed by atoms with E-state index in [2.05, 4.69) is 39.8 Å². The molecule has 0 unspecified atom stereocenters. The zero-order valence-corrected chi connectivity index (χ0v) is 16.1. The molecule has 0 bridgehead atoms. The van der Waals surface area contributed by atoms with Crippen molar-refractivity contribution in [2.24, 2.45) is 0 Å². The Morgan fingerprint density at radius 1 is 1.15 bits per heavy atom. The van der Waals surface area contributed by atoms with Crippen LogP contribution in [0.5, 0.6) is 5.75 Å². The predicted octanol–water partition coefficient (Wildman–Crippen LogP) is 4.18. The van der Waals surface area contributed by atoms with Crippen molar-refractivity contribution in [1.82, 2.24) is 15.5 Å². The third kappa shape index (κ3) is 3.57. The third-order valence-corrected chi connectivity index (χ3v) is 5.49. The van der Waals surface area contributed by atoms with Crippen molar-refractivity contribution in [1.29, 1.82) is 5.26 Å². The smallest absolute Gasteiger partial charge is 0.151 e. The molecule has 0 atom stereocenters. The lowest BCUT2D eigenvalue weighted by Crippen LogP contribution is -2.23. The fourth-order valence-corrected chi connectivity index (χ4v) is 4.08. The largest absolute Gasteiger partial charge is 0.489 e. The van der Waals surface area contributed by atoms with Crippen LogP contribution in [0.25, 0.3) is 21.1 Å². The Labute approximate surface area is 162 Å². The van der Waals surface area contributed by atoms with Gasteiger partial charge in [-0.2, -0.15) is 5.26 Å². The molecule has 0 amide bonds. The van der Waals surface area contributed by atoms with Gasteiger partial charge >= 0.3 is 0 Å². The Balaban J connectivity index is 1.72. The molecule has 0 saturated carbocycles. The fourth-order valence-electron chi connectivity index (χ4n) is 3.22. The van der Waals surface area contributed by atoms with Gasteiger partial charge in [0.05, 0.1) is 17.2 Å². The molecular weight excluding hydrogens is 356 g/mol. The number of aromatic nitrogens is 2. The monoisotopic (exact) mass is 376 g/mol. The zero-order valence-electron chi connectivity index (χ0n) is 15.3. The molecule has 4 rings (SSSR count). The van der Waals surface area contributed by atoms with Crippen molar-refractivity contribution in [3.05, 3.63) is 53.1 Å². The van der Waals surface area contributed by atoms with Crippen LogP contribution in [0.4, 0.5) is 0 Å². The maximum atomic E-state index is 9.43. The highest BCUT2D eigenvalue weighted by Crippen LogP contribution is 2.38. The van der Waals surface area contributed by atoms with Crippen LogP contribution >= 0.6 is 11.3 Å². The van der Waals surface area contributed by atoms with E-state index in [1.54, 1.807) is 6.07 Å². The van der Waals surface area contributed by atoms with Crippen molar-refractivity contribution >= 4 is 11.3 Å². The van der Waals surface area contributed by atoms with Gasteiger partial charge in [0.2, 0.25) is 0 Å². The van der Waals surface area contributed by atoms with Gasteiger partial charge in [0.1, 0.15) is 16.8 Å². The van der Waals surface area contributed by atoms with Gasteiger partial charge in [0.25, 0.3) is 0 Å². The number of rotatable bonds is 4. The average molecular weight is 376 g/mol. The Hall–Kier alpha value is -2.75. The molecule has 2 aromatic carbocycles. The van der Waals surface area contributed by atoms with Gasteiger partial charge in [-0.25, -0.2) is 0 Å². The molecule has 1 aliphatic heterocycles. The summed E-state index contributed by atoms with van der Waals surface area (Å²) in [5, 5.41) is 23.3. The summed E-state index contributed by atoms with van der Waals surface area (Å²) in [6.07, 6.45) is 1.01. The molecule has 5 nitrogen and oxygen atoms in total. The Bertz CT molecular complexity index is 1020. The van der Waals surface area contributed by atoms with Crippen molar-refractivity contribution in [2.75, 3.05) is 6.54 Å². The highest BCUT2D eigenvalue weighted by molar-refractivity contribution is 7.18. The van der Waals surface area contributed by atoms with E-state index in [-0.39, 0.29) is 6.10 Å². The van der Waals surface area contributed by atoms with Crippen LogP contribution in [0.1, 0.15) is 30.5 Å². The summed E-state index contributed by atoms with van der Waals surface area (Å²) in [4.78, 5) is 0. The molecule has 2 heterocycles. The standard InChI is InChI=1S/C21H20N4OS/c1-13(2)26-19-16(11-22)4-3-5-18(19)21-25-24-20(27-21)15-6-7-17-12-23-9-8-14(17)10-15/h3-7,10,13,23H,8-9,12H2,1-2H3. The second kappa shape index (κ2) is 7.47. The van der Waals surface area contributed by atoms with E-state index < -0.39 is 0 Å². The van der Waals surface area contributed by atoms with Crippen molar-refractivity contribution in [3.63, 3.8) is 0 Å². The molecule has 0 radical (unpaired) electrons. The van der Waals surface area contributed by atoms with Crippen LogP contribution in [-0.4, -0.2) is 22.8 Å². The van der Waals surface area contributed by atoms with Crippen LogP contribution in [0.3, 0.4) is 0 Å². The maximum Gasteiger partial charge on any atom is 0.151 e. The zero-order chi connectivity index (χ0) is 18.8. The fraction of sp³-hybridized carbons (Fsp3) is 0.286. The first-order valence-electron chi connectivity index (χ1n) is 9.02. The molecule has 0 saturated heterocycles. The van der Waals surface area contributed by atoms with E-state index >= 15 is 0 Å². The Kier molecular flexibility index (Phi) is 4.88. The van der Waals surface area contributed by atoms with E-state index in [9.17, 15) is 5.26 Å². The number of nitriles is 1. The average Bonchev–Trinajstić information content (AvgIpc) is 3.17. The number of hydrogen-bond donors (Lipinski definition) is 1. The minimum Gasteiger partial charge on any atom is -0.489 e. The molecule has 0 spiro atoms. The number of hydrogen-bond acceptors (Lipinski definition) is 6. The minimum absolute atomic E-state index is 0.0279. The number of benzene rings is 2. The van der Waals surface area contributed by atoms with E-state index in [1.165, 1.54) is 22.5 Å². The highest BCUT2D eigenvalue weighted by Gasteiger charge is 2.18. The van der Waals surface area contributed by atoms with Gasteiger partial charge in [-0.3, -0.25) is 0 Å². The lowest BCUT2D eigenvalue weighted by atomic mass is 9.99. The summed E-state index contributed by atoms with van der Waals surface area (Å²) < 4.78 is 5.92. The summed E-state index contributed by atoms with van der Waals surface area (Å²) in [6.45, 7) is 5.83. The van der Waals surface area contributed by atoms with Crippen molar-refractivity contribution in [2.45, 2.75) is 32.9 Å². The van der Waals surface area contributed by atoms with Gasteiger partial charge in [-0.1, -0.05) is 29.5 Å². The molecule has 136 valence electrons. The Morgan fingerprint density at radius 2 is 2.00 bits per heavy atom. The molecule has 27 heavy (non-hydrogen) atoms. The van der Waals surface area contributed by atoms with Crippen LogP contribution < -0.4 is 10.1 Å². The van der Waals surface area contributed by atoms with Crippen LogP contribution in [-0.2, 0) is 13.0 Å². The first-order valence-corrected chi connectivity index (χ1v) is 9.84. The van der Waals surface area contributed by atoms with Crippen molar-refractivity contribution < 1.29 is 4.74 Å². The SMILES string of the molecule is CC(C)Oc1c(C#N)cccc1-c1nnc(-c2ccc3c(c2)CCNC3)s1. The van der Waals surface area contributed by atoms with E-state index in [1.807, 2.05) is 26.0 Å². The van der Waals surface area contributed by atoms with Gasteiger partial charge in [-0.05, 0) is 56.1 Å². The lowest BCUT2D eigenvalue weighted by molar-refractivity contribution is 0.243. The minimum atomic E-state index is -0.0279. The van der Waals surface area contributed by atoms with Crippen LogP contribution in [0, 0.1) is 11.3 Å². The van der Waals surface area contributed by atoms with Gasteiger partial charge < -0.3 is 10.1 Å². The predicted molar refractivity (Wildman–Crippen MR) is 107 cm³/mol. The first kappa shape index (κ1) is 17.7. The summed E-state index contributed by atoms with van der Waals surface area (Å²) in [5.41, 5.74) is 5.14. The second-order valence-corrected chi connectivity index (χ2v) is 7.76. The number of ether oxygens (including phenoxy) is 1. The molecule has 0 fully saturated rings. The Morgan fingerprint density at radius 3 is 2.81 bits per heavy atom. The normalized spacial score (nSPS) is 13.3. The van der Waals surface area contributed by atoms with Gasteiger partial charge in [0.15, 0.2) is 5.01 Å². The quantitative estimate of drug-likeness (QED) is 0.740. The summed E-state index contributed by atoms with van der Waals surface area (Å²) in [7, 11) is 0. The van der Waals surface area contributed by atoms with Gasteiger partial charge in [-0.15, -0.1) is 10.2 Å². The van der Waals surface area contributed by atoms with E-state index in [4.69, 9.17) is 4.74 Å². The van der Waals surface area contributed by atoms with Crippen LogP contribution in [0.2, 0.25) is 0 Å². The molecule has 6 heteroatoms.